The Morgan fingerprint density at radius 3 is 2.91 bits per heavy atom. The number of nitrogens with one attached hydrogen (secondary N) is 1. The summed E-state index contributed by atoms with van der Waals surface area (Å²) in [6, 6.07) is 7.72. The minimum Gasteiger partial charge on any atom is -0.491 e. The Bertz CT molecular complexity index is 512. The number of ether oxygens (including phenoxy) is 2. The largest absolute Gasteiger partial charge is 0.491 e. The third-order valence-electron chi connectivity index (χ3n) is 4.02. The second-order valence-corrected chi connectivity index (χ2v) is 7.12. The van der Waals surface area contributed by atoms with Gasteiger partial charge in [-0.1, -0.05) is 19.1 Å². The number of amides is 2. The van der Waals surface area contributed by atoms with Crippen LogP contribution in [0.15, 0.2) is 24.3 Å². The van der Waals surface area contributed by atoms with E-state index in [0.717, 1.165) is 18.7 Å². The number of carbonyl (C=O) groups is 1. The number of hydrogen-bond acceptors (Lipinski definition) is 4. The molecule has 0 saturated carbocycles. The molecule has 1 N–H and O–H groups in total. The molecule has 2 atom stereocenters. The molecular formula is C17H26N2O3S. The Hall–Kier alpha value is -1.40. The number of para-hydroxylation sites is 2. The molecule has 2 amide bonds. The Morgan fingerprint density at radius 2 is 2.13 bits per heavy atom. The molecule has 0 radical (unpaired) electrons. The van der Waals surface area contributed by atoms with E-state index in [1.54, 1.807) is 7.11 Å². The highest BCUT2D eigenvalue weighted by Crippen LogP contribution is 2.27. The SMILES string of the molecule is COCCCOc1ccccc1NC(=O)N1CCS[C@H](C)[C@@H]1C. The van der Waals surface area contributed by atoms with Gasteiger partial charge in [0.25, 0.3) is 0 Å². The van der Waals surface area contributed by atoms with Crippen molar-refractivity contribution in [1.29, 1.82) is 0 Å². The lowest BCUT2D eigenvalue weighted by atomic mass is 10.2. The molecule has 1 saturated heterocycles. The molecule has 0 bridgehead atoms. The number of anilines is 1. The van der Waals surface area contributed by atoms with E-state index in [2.05, 4.69) is 19.2 Å². The lowest BCUT2D eigenvalue weighted by Crippen LogP contribution is -2.49. The summed E-state index contributed by atoms with van der Waals surface area (Å²) in [6.45, 7) is 6.27. The first-order valence-corrected chi connectivity index (χ1v) is 9.08. The molecule has 1 aliphatic rings. The van der Waals surface area contributed by atoms with Gasteiger partial charge >= 0.3 is 6.03 Å². The summed E-state index contributed by atoms with van der Waals surface area (Å²) >= 11 is 1.91. The van der Waals surface area contributed by atoms with Gasteiger partial charge in [-0.15, -0.1) is 0 Å². The van der Waals surface area contributed by atoms with Crippen LogP contribution in [0.3, 0.4) is 0 Å². The van der Waals surface area contributed by atoms with E-state index < -0.39 is 0 Å². The molecule has 1 aromatic rings. The van der Waals surface area contributed by atoms with Gasteiger partial charge in [-0.2, -0.15) is 11.8 Å². The second-order valence-electron chi connectivity index (χ2n) is 5.63. The maximum Gasteiger partial charge on any atom is 0.322 e. The summed E-state index contributed by atoms with van der Waals surface area (Å²) in [5, 5.41) is 3.45. The summed E-state index contributed by atoms with van der Waals surface area (Å²) in [6.07, 6.45) is 0.816. The maximum atomic E-state index is 12.6. The minimum absolute atomic E-state index is 0.0578. The summed E-state index contributed by atoms with van der Waals surface area (Å²) in [7, 11) is 1.67. The number of hydrogen-bond donors (Lipinski definition) is 1. The quantitative estimate of drug-likeness (QED) is 0.807. The van der Waals surface area contributed by atoms with Crippen LogP contribution < -0.4 is 10.1 Å². The topological polar surface area (TPSA) is 50.8 Å². The fourth-order valence-electron chi connectivity index (χ4n) is 2.49. The van der Waals surface area contributed by atoms with Gasteiger partial charge in [0.15, 0.2) is 0 Å². The van der Waals surface area contributed by atoms with Gasteiger partial charge in [0.2, 0.25) is 0 Å². The van der Waals surface area contributed by atoms with Crippen molar-refractivity contribution in [2.24, 2.45) is 0 Å². The van der Waals surface area contributed by atoms with E-state index in [0.29, 0.717) is 29.9 Å². The summed E-state index contributed by atoms with van der Waals surface area (Å²) in [5.74, 6) is 1.68. The molecule has 23 heavy (non-hydrogen) atoms. The van der Waals surface area contributed by atoms with Crippen LogP contribution in [-0.2, 0) is 4.74 Å². The highest BCUT2D eigenvalue weighted by molar-refractivity contribution is 8.00. The molecule has 128 valence electrons. The Labute approximate surface area is 142 Å². The van der Waals surface area contributed by atoms with Gasteiger partial charge in [0, 0.05) is 43.7 Å². The van der Waals surface area contributed by atoms with E-state index in [-0.39, 0.29) is 12.1 Å². The van der Waals surface area contributed by atoms with Crippen molar-refractivity contribution in [1.82, 2.24) is 4.90 Å². The molecule has 1 fully saturated rings. The Kier molecular flexibility index (Phi) is 7.05. The number of urea groups is 1. The number of thioether (sulfide) groups is 1. The molecule has 1 heterocycles. The fraction of sp³-hybridized carbons (Fsp3) is 0.588. The molecule has 6 heteroatoms. The molecule has 0 unspecified atom stereocenters. The number of carbonyl (C=O) groups excluding carboxylic acids is 1. The van der Waals surface area contributed by atoms with Crippen molar-refractivity contribution in [2.75, 3.05) is 37.9 Å². The third-order valence-corrected chi connectivity index (χ3v) is 5.36. The van der Waals surface area contributed by atoms with E-state index in [9.17, 15) is 4.79 Å². The van der Waals surface area contributed by atoms with Crippen LogP contribution in [0.4, 0.5) is 10.5 Å². The van der Waals surface area contributed by atoms with Crippen LogP contribution in [0, 0.1) is 0 Å². The zero-order chi connectivity index (χ0) is 16.7. The molecule has 5 nitrogen and oxygen atoms in total. The summed E-state index contributed by atoms with van der Waals surface area (Å²) in [4.78, 5) is 14.5. The first-order chi connectivity index (χ1) is 11.1. The zero-order valence-corrected chi connectivity index (χ0v) is 14.9. The highest BCUT2D eigenvalue weighted by atomic mass is 32.2. The third kappa shape index (κ3) is 5.04. The van der Waals surface area contributed by atoms with Crippen molar-refractivity contribution < 1.29 is 14.3 Å². The fourth-order valence-corrected chi connectivity index (χ4v) is 3.59. The van der Waals surface area contributed by atoms with Crippen molar-refractivity contribution in [3.05, 3.63) is 24.3 Å². The van der Waals surface area contributed by atoms with Crippen molar-refractivity contribution >= 4 is 23.5 Å². The van der Waals surface area contributed by atoms with E-state index >= 15 is 0 Å². The van der Waals surface area contributed by atoms with Gasteiger partial charge in [0.05, 0.1) is 12.3 Å². The van der Waals surface area contributed by atoms with Crippen LogP contribution in [0.5, 0.6) is 5.75 Å². The van der Waals surface area contributed by atoms with Gasteiger partial charge in [-0.05, 0) is 19.1 Å². The second kappa shape index (κ2) is 9.03. The van der Waals surface area contributed by atoms with Crippen molar-refractivity contribution in [3.63, 3.8) is 0 Å². The zero-order valence-electron chi connectivity index (χ0n) is 14.1. The summed E-state index contributed by atoms with van der Waals surface area (Å²) in [5.41, 5.74) is 0.716. The molecule has 0 aliphatic carbocycles. The summed E-state index contributed by atoms with van der Waals surface area (Å²) < 4.78 is 10.8. The van der Waals surface area contributed by atoms with Crippen molar-refractivity contribution in [2.45, 2.75) is 31.6 Å². The van der Waals surface area contributed by atoms with Crippen LogP contribution in [0.2, 0.25) is 0 Å². The molecule has 0 spiro atoms. The van der Waals surface area contributed by atoms with Gasteiger partial charge in [-0.25, -0.2) is 4.79 Å². The van der Waals surface area contributed by atoms with Gasteiger partial charge in [-0.3, -0.25) is 0 Å². The molecule has 1 aliphatic heterocycles. The number of nitrogens with zero attached hydrogens (tertiary/aromatic N) is 1. The van der Waals surface area contributed by atoms with Crippen LogP contribution in [0.25, 0.3) is 0 Å². The molecule has 2 rings (SSSR count). The van der Waals surface area contributed by atoms with E-state index in [1.807, 2.05) is 40.9 Å². The van der Waals surface area contributed by atoms with Gasteiger partial charge < -0.3 is 19.7 Å². The monoisotopic (exact) mass is 338 g/mol. The lowest BCUT2D eigenvalue weighted by molar-refractivity contribution is 0.172. The highest BCUT2D eigenvalue weighted by Gasteiger charge is 2.29. The van der Waals surface area contributed by atoms with E-state index in [4.69, 9.17) is 9.47 Å². The first kappa shape index (κ1) is 17.9. The van der Waals surface area contributed by atoms with Crippen LogP contribution >= 0.6 is 11.8 Å². The number of benzene rings is 1. The predicted molar refractivity (Wildman–Crippen MR) is 95.5 cm³/mol. The van der Waals surface area contributed by atoms with Crippen LogP contribution in [0.1, 0.15) is 20.3 Å². The smallest absolute Gasteiger partial charge is 0.322 e. The maximum absolute atomic E-state index is 12.6. The van der Waals surface area contributed by atoms with Crippen LogP contribution in [-0.4, -0.2) is 54.8 Å². The number of rotatable bonds is 6. The number of methoxy groups -OCH3 is 1. The normalized spacial score (nSPS) is 21.1. The predicted octanol–water partition coefficient (Wildman–Crippen LogP) is 3.46. The Balaban J connectivity index is 1.97. The van der Waals surface area contributed by atoms with E-state index in [1.165, 1.54) is 0 Å². The average molecular weight is 338 g/mol. The lowest BCUT2D eigenvalue weighted by Gasteiger charge is -2.37. The molecule has 0 aromatic heterocycles. The standard InChI is InChI=1S/C17H26N2O3S/c1-13-14(2)23-12-9-19(13)17(20)18-15-7-4-5-8-16(15)22-11-6-10-21-3/h4-5,7-8,13-14H,6,9-12H2,1-3H3,(H,18,20)/t13-,14+/m0/s1. The Morgan fingerprint density at radius 1 is 1.35 bits per heavy atom. The van der Waals surface area contributed by atoms with Crippen molar-refractivity contribution in [3.8, 4) is 5.75 Å². The molecular weight excluding hydrogens is 312 g/mol. The minimum atomic E-state index is -0.0578. The molecule has 1 aromatic carbocycles. The first-order valence-electron chi connectivity index (χ1n) is 8.03. The average Bonchev–Trinajstić information content (AvgIpc) is 2.55. The van der Waals surface area contributed by atoms with Gasteiger partial charge in [0.1, 0.15) is 5.75 Å².